The second-order valence-electron chi connectivity index (χ2n) is 3.28. The number of allylic oxidation sites excluding steroid dienone is 2. The second kappa shape index (κ2) is 3.36. The standard InChI is InChI=1S/C11H10Cl2/c1-7-6-10(12)11(13)9-5-3-2-4-8(7)9/h2-6,10-11H,1H3/t10-,11-/m0/s1. The minimum absolute atomic E-state index is 0.0865. The van der Waals surface area contributed by atoms with Crippen molar-refractivity contribution in [1.82, 2.24) is 0 Å². The molecule has 0 heterocycles. The molecule has 0 nitrogen and oxygen atoms in total. The van der Waals surface area contributed by atoms with Gasteiger partial charge in [-0.15, -0.1) is 23.2 Å². The van der Waals surface area contributed by atoms with Gasteiger partial charge in [0.05, 0.1) is 10.8 Å². The van der Waals surface area contributed by atoms with Gasteiger partial charge in [-0.3, -0.25) is 0 Å². The summed E-state index contributed by atoms with van der Waals surface area (Å²) in [6, 6.07) is 8.14. The molecular weight excluding hydrogens is 203 g/mol. The van der Waals surface area contributed by atoms with E-state index in [-0.39, 0.29) is 10.8 Å². The maximum atomic E-state index is 6.19. The van der Waals surface area contributed by atoms with E-state index in [1.807, 2.05) is 24.3 Å². The van der Waals surface area contributed by atoms with Crippen LogP contribution in [0.2, 0.25) is 0 Å². The third-order valence-corrected chi connectivity index (χ3v) is 3.39. The van der Waals surface area contributed by atoms with Crippen LogP contribution in [0.4, 0.5) is 0 Å². The Morgan fingerprint density at radius 3 is 2.62 bits per heavy atom. The zero-order valence-corrected chi connectivity index (χ0v) is 8.81. The normalized spacial score (nSPS) is 26.5. The van der Waals surface area contributed by atoms with Gasteiger partial charge in [0.1, 0.15) is 0 Å². The molecule has 0 spiro atoms. The summed E-state index contributed by atoms with van der Waals surface area (Å²) in [4.78, 5) is 0. The lowest BCUT2D eigenvalue weighted by Gasteiger charge is -2.23. The Bertz CT molecular complexity index is 355. The zero-order chi connectivity index (χ0) is 9.42. The molecule has 0 aromatic heterocycles. The molecule has 1 aliphatic rings. The van der Waals surface area contributed by atoms with Crippen LogP contribution in [-0.4, -0.2) is 5.38 Å². The van der Waals surface area contributed by atoms with Crippen LogP contribution in [0.25, 0.3) is 5.57 Å². The third kappa shape index (κ3) is 1.49. The molecule has 2 rings (SSSR count). The fourth-order valence-corrected chi connectivity index (χ4v) is 2.27. The largest absolute Gasteiger partial charge is 0.116 e. The molecule has 0 radical (unpaired) electrons. The summed E-state index contributed by atoms with van der Waals surface area (Å²) in [7, 11) is 0. The molecule has 0 bridgehead atoms. The number of benzene rings is 1. The lowest BCUT2D eigenvalue weighted by molar-refractivity contribution is 0.941. The summed E-state index contributed by atoms with van der Waals surface area (Å²) in [5.41, 5.74) is 3.58. The van der Waals surface area contributed by atoms with Crippen molar-refractivity contribution < 1.29 is 0 Å². The van der Waals surface area contributed by atoms with E-state index >= 15 is 0 Å². The van der Waals surface area contributed by atoms with E-state index < -0.39 is 0 Å². The Morgan fingerprint density at radius 2 is 1.85 bits per heavy atom. The molecule has 68 valence electrons. The highest BCUT2D eigenvalue weighted by atomic mass is 35.5. The number of halogens is 2. The SMILES string of the molecule is CC1=C[C@H](Cl)[C@@H](Cl)c2ccccc21. The van der Waals surface area contributed by atoms with Gasteiger partial charge in [-0.2, -0.15) is 0 Å². The summed E-state index contributed by atoms with van der Waals surface area (Å²) in [6.07, 6.45) is 2.02. The van der Waals surface area contributed by atoms with E-state index in [9.17, 15) is 0 Å². The minimum atomic E-state index is -0.0958. The smallest absolute Gasteiger partial charge is 0.0790 e. The fraction of sp³-hybridized carbons (Fsp3) is 0.273. The molecular formula is C11H10Cl2. The summed E-state index contributed by atoms with van der Waals surface area (Å²) < 4.78 is 0. The Labute approximate surface area is 88.2 Å². The molecule has 0 unspecified atom stereocenters. The van der Waals surface area contributed by atoms with E-state index in [1.165, 1.54) is 11.1 Å². The number of fused-ring (bicyclic) bond motifs is 1. The van der Waals surface area contributed by atoms with Gasteiger partial charge >= 0.3 is 0 Å². The van der Waals surface area contributed by atoms with Crippen LogP contribution >= 0.6 is 23.2 Å². The first-order valence-electron chi connectivity index (χ1n) is 4.26. The van der Waals surface area contributed by atoms with Crippen molar-refractivity contribution in [1.29, 1.82) is 0 Å². The quantitative estimate of drug-likeness (QED) is 0.571. The Morgan fingerprint density at radius 1 is 1.15 bits per heavy atom. The fourth-order valence-electron chi connectivity index (χ4n) is 1.68. The average molecular weight is 213 g/mol. The molecule has 0 N–H and O–H groups in total. The van der Waals surface area contributed by atoms with Crippen molar-refractivity contribution in [3.63, 3.8) is 0 Å². The first-order valence-corrected chi connectivity index (χ1v) is 5.13. The van der Waals surface area contributed by atoms with Gasteiger partial charge < -0.3 is 0 Å². The maximum Gasteiger partial charge on any atom is 0.0790 e. The van der Waals surface area contributed by atoms with Crippen LogP contribution < -0.4 is 0 Å². The van der Waals surface area contributed by atoms with E-state index in [0.717, 1.165) is 5.56 Å². The first-order chi connectivity index (χ1) is 6.20. The second-order valence-corrected chi connectivity index (χ2v) is 4.26. The molecule has 2 heteroatoms. The number of alkyl halides is 2. The molecule has 0 aliphatic heterocycles. The minimum Gasteiger partial charge on any atom is -0.116 e. The topological polar surface area (TPSA) is 0 Å². The molecule has 0 fully saturated rings. The van der Waals surface area contributed by atoms with Crippen molar-refractivity contribution in [3.05, 3.63) is 41.5 Å². The van der Waals surface area contributed by atoms with Crippen molar-refractivity contribution in [2.24, 2.45) is 0 Å². The van der Waals surface area contributed by atoms with Gasteiger partial charge in [-0.05, 0) is 23.6 Å². The van der Waals surface area contributed by atoms with E-state index in [1.54, 1.807) is 0 Å². The van der Waals surface area contributed by atoms with E-state index in [2.05, 4.69) is 13.0 Å². The van der Waals surface area contributed by atoms with E-state index in [4.69, 9.17) is 23.2 Å². The highest BCUT2D eigenvalue weighted by Crippen LogP contribution is 2.39. The molecule has 1 aromatic rings. The van der Waals surface area contributed by atoms with Crippen molar-refractivity contribution in [2.45, 2.75) is 17.7 Å². The van der Waals surface area contributed by atoms with Crippen LogP contribution in [0.5, 0.6) is 0 Å². The van der Waals surface area contributed by atoms with Gasteiger partial charge in [0, 0.05) is 0 Å². The lowest BCUT2D eigenvalue weighted by Crippen LogP contribution is -2.11. The predicted molar refractivity (Wildman–Crippen MR) is 58.3 cm³/mol. The van der Waals surface area contributed by atoms with Gasteiger partial charge in [0.25, 0.3) is 0 Å². The molecule has 0 saturated carbocycles. The third-order valence-electron chi connectivity index (χ3n) is 2.37. The Balaban J connectivity index is 2.58. The van der Waals surface area contributed by atoms with Crippen molar-refractivity contribution in [2.75, 3.05) is 0 Å². The molecule has 2 atom stereocenters. The average Bonchev–Trinajstić information content (AvgIpc) is 2.15. The highest BCUT2D eigenvalue weighted by Gasteiger charge is 2.24. The summed E-state index contributed by atoms with van der Waals surface area (Å²) in [5.74, 6) is 0. The van der Waals surface area contributed by atoms with Crippen molar-refractivity contribution in [3.8, 4) is 0 Å². The number of hydrogen-bond donors (Lipinski definition) is 0. The van der Waals surface area contributed by atoms with Crippen LogP contribution in [0.1, 0.15) is 23.4 Å². The first kappa shape index (κ1) is 9.11. The maximum absolute atomic E-state index is 6.19. The summed E-state index contributed by atoms with van der Waals surface area (Å²) in [6.45, 7) is 2.07. The summed E-state index contributed by atoms with van der Waals surface area (Å²) in [5, 5.41) is -0.182. The van der Waals surface area contributed by atoms with E-state index in [0.29, 0.717) is 0 Å². The van der Waals surface area contributed by atoms with Gasteiger partial charge in [0.2, 0.25) is 0 Å². The van der Waals surface area contributed by atoms with Gasteiger partial charge in [-0.1, -0.05) is 30.3 Å². The van der Waals surface area contributed by atoms with Crippen LogP contribution in [0, 0.1) is 0 Å². The van der Waals surface area contributed by atoms with Crippen LogP contribution in [-0.2, 0) is 0 Å². The van der Waals surface area contributed by atoms with Gasteiger partial charge in [0.15, 0.2) is 0 Å². The molecule has 0 amide bonds. The Kier molecular flexibility index (Phi) is 2.35. The Hall–Kier alpha value is -0.460. The molecule has 0 saturated heterocycles. The van der Waals surface area contributed by atoms with Gasteiger partial charge in [-0.25, -0.2) is 0 Å². The highest BCUT2D eigenvalue weighted by molar-refractivity contribution is 6.31. The lowest BCUT2D eigenvalue weighted by atomic mass is 9.91. The predicted octanol–water partition coefficient (Wildman–Crippen LogP) is 3.99. The summed E-state index contributed by atoms with van der Waals surface area (Å²) >= 11 is 12.3. The number of rotatable bonds is 0. The number of hydrogen-bond acceptors (Lipinski definition) is 0. The van der Waals surface area contributed by atoms with Crippen molar-refractivity contribution >= 4 is 28.8 Å². The molecule has 1 aliphatic carbocycles. The monoisotopic (exact) mass is 212 g/mol. The van der Waals surface area contributed by atoms with Crippen LogP contribution in [0.15, 0.2) is 30.3 Å². The molecule has 13 heavy (non-hydrogen) atoms. The van der Waals surface area contributed by atoms with Crippen LogP contribution in [0.3, 0.4) is 0 Å². The molecule has 1 aromatic carbocycles. The zero-order valence-electron chi connectivity index (χ0n) is 7.30.